The molecule has 1 fully saturated rings. The van der Waals surface area contributed by atoms with Gasteiger partial charge in [-0.05, 0) is 25.0 Å². The molecule has 5 heterocycles. The standard InChI is InChI=1S/C24H24Cl2N8O3/c1-14(37-19-3-6-32(13-19)15(2)35)23-17(12-27-22-10-21(26)31-33(22)23)9-18(36)7-16-8-20(25)24(28-11-16)34-29-4-5-30-34/h4-5,8,10-12,14,19H,3,6-7,9,13H2,1-2H3/t14-,19+/m0/s1. The number of aromatic nitrogens is 7. The molecule has 0 N–H and O–H groups in total. The molecule has 5 rings (SSSR count). The molecule has 0 unspecified atom stereocenters. The Balaban J connectivity index is 1.35. The number of ketones is 1. The number of Topliss-reactive ketones (excluding diaryl/α,β-unsaturated/α-hetero) is 1. The van der Waals surface area contributed by atoms with Crippen molar-refractivity contribution in [3.8, 4) is 5.82 Å². The van der Waals surface area contributed by atoms with Crippen LogP contribution in [0.4, 0.5) is 0 Å². The normalized spacial score (nSPS) is 16.4. The van der Waals surface area contributed by atoms with Crippen LogP contribution in [0.1, 0.15) is 43.2 Å². The highest BCUT2D eigenvalue weighted by molar-refractivity contribution is 6.32. The van der Waals surface area contributed by atoms with E-state index in [1.165, 1.54) is 17.2 Å². The largest absolute Gasteiger partial charge is 0.367 e. The highest BCUT2D eigenvalue weighted by Gasteiger charge is 2.29. The van der Waals surface area contributed by atoms with Crippen molar-refractivity contribution in [1.82, 2.24) is 39.5 Å². The molecule has 0 aliphatic carbocycles. The molecule has 4 aromatic rings. The Morgan fingerprint density at radius 3 is 2.62 bits per heavy atom. The van der Waals surface area contributed by atoms with Crippen molar-refractivity contribution in [3.05, 3.63) is 63.9 Å². The van der Waals surface area contributed by atoms with Gasteiger partial charge in [0.05, 0.1) is 35.3 Å². The van der Waals surface area contributed by atoms with Crippen molar-refractivity contribution in [2.75, 3.05) is 13.1 Å². The molecule has 1 aliphatic rings. The molecule has 0 spiro atoms. The summed E-state index contributed by atoms with van der Waals surface area (Å²) in [5.74, 6) is 0.356. The Labute approximate surface area is 222 Å². The van der Waals surface area contributed by atoms with E-state index in [0.29, 0.717) is 51.6 Å². The summed E-state index contributed by atoms with van der Waals surface area (Å²) in [7, 11) is 0. The molecule has 13 heteroatoms. The van der Waals surface area contributed by atoms with E-state index in [0.717, 1.165) is 6.42 Å². The van der Waals surface area contributed by atoms with E-state index >= 15 is 0 Å². The summed E-state index contributed by atoms with van der Waals surface area (Å²) in [6.07, 6.45) is 6.74. The zero-order chi connectivity index (χ0) is 26.1. The van der Waals surface area contributed by atoms with Gasteiger partial charge in [-0.2, -0.15) is 15.3 Å². The van der Waals surface area contributed by atoms with Crippen molar-refractivity contribution >= 4 is 40.5 Å². The molecule has 37 heavy (non-hydrogen) atoms. The number of amides is 1. The van der Waals surface area contributed by atoms with E-state index < -0.39 is 6.10 Å². The molecule has 0 saturated carbocycles. The molecular weight excluding hydrogens is 519 g/mol. The Morgan fingerprint density at radius 2 is 1.92 bits per heavy atom. The zero-order valence-corrected chi connectivity index (χ0v) is 21.7. The number of hydrogen-bond acceptors (Lipinski definition) is 8. The maximum atomic E-state index is 13.1. The average molecular weight is 543 g/mol. The fraction of sp³-hybridized carbons (Fsp3) is 0.375. The Hall–Kier alpha value is -3.41. The summed E-state index contributed by atoms with van der Waals surface area (Å²) in [6.45, 7) is 4.64. The molecule has 1 aliphatic heterocycles. The quantitative estimate of drug-likeness (QED) is 0.333. The third-order valence-corrected chi connectivity index (χ3v) is 6.68. The zero-order valence-electron chi connectivity index (χ0n) is 20.2. The Morgan fingerprint density at radius 1 is 1.14 bits per heavy atom. The van der Waals surface area contributed by atoms with E-state index in [2.05, 4.69) is 25.3 Å². The van der Waals surface area contributed by atoms with Crippen LogP contribution in [0.15, 0.2) is 36.9 Å². The Kier molecular flexibility index (Phi) is 7.18. The first kappa shape index (κ1) is 25.2. The second-order valence-corrected chi connectivity index (χ2v) is 9.71. The van der Waals surface area contributed by atoms with E-state index in [4.69, 9.17) is 27.9 Å². The number of hydrogen-bond donors (Lipinski definition) is 0. The monoisotopic (exact) mass is 542 g/mol. The third-order valence-electron chi connectivity index (χ3n) is 6.22. The second kappa shape index (κ2) is 10.5. The lowest BCUT2D eigenvalue weighted by Crippen LogP contribution is -2.28. The average Bonchev–Trinajstić information content (AvgIpc) is 3.59. The molecule has 0 aromatic carbocycles. The minimum absolute atomic E-state index is 0.0266. The van der Waals surface area contributed by atoms with Gasteiger partial charge in [0.1, 0.15) is 5.78 Å². The summed E-state index contributed by atoms with van der Waals surface area (Å²) >= 11 is 12.5. The number of carbonyl (C=O) groups excluding carboxylic acids is 2. The number of ether oxygens (including phenoxy) is 1. The lowest BCUT2D eigenvalue weighted by molar-refractivity contribution is -0.128. The summed E-state index contributed by atoms with van der Waals surface area (Å²) in [5.41, 5.74) is 2.61. The molecule has 1 amide bonds. The van der Waals surface area contributed by atoms with Gasteiger partial charge in [0.25, 0.3) is 0 Å². The van der Waals surface area contributed by atoms with Crippen molar-refractivity contribution in [2.45, 2.75) is 45.3 Å². The van der Waals surface area contributed by atoms with E-state index in [9.17, 15) is 9.59 Å². The van der Waals surface area contributed by atoms with Crippen LogP contribution in [0, 0.1) is 0 Å². The van der Waals surface area contributed by atoms with Gasteiger partial charge in [0.2, 0.25) is 5.91 Å². The van der Waals surface area contributed by atoms with Crippen LogP contribution >= 0.6 is 23.2 Å². The predicted molar refractivity (Wildman–Crippen MR) is 135 cm³/mol. The van der Waals surface area contributed by atoms with E-state index in [-0.39, 0.29) is 30.6 Å². The van der Waals surface area contributed by atoms with Crippen LogP contribution in [0.3, 0.4) is 0 Å². The minimum atomic E-state index is -0.418. The first-order valence-electron chi connectivity index (χ1n) is 11.8. The number of fused-ring (bicyclic) bond motifs is 1. The summed E-state index contributed by atoms with van der Waals surface area (Å²) in [6, 6.07) is 3.34. The number of rotatable bonds is 8. The van der Waals surface area contributed by atoms with E-state index in [1.54, 1.807) is 40.9 Å². The topological polar surface area (TPSA) is 120 Å². The highest BCUT2D eigenvalue weighted by Crippen LogP contribution is 2.28. The van der Waals surface area contributed by atoms with Gasteiger partial charge in [-0.3, -0.25) is 9.59 Å². The maximum Gasteiger partial charge on any atom is 0.219 e. The van der Waals surface area contributed by atoms with Gasteiger partial charge >= 0.3 is 0 Å². The van der Waals surface area contributed by atoms with Crippen molar-refractivity contribution < 1.29 is 14.3 Å². The number of pyridine rings is 1. The summed E-state index contributed by atoms with van der Waals surface area (Å²) in [4.78, 5) is 36.7. The molecule has 0 radical (unpaired) electrons. The van der Waals surface area contributed by atoms with Crippen molar-refractivity contribution in [1.29, 1.82) is 0 Å². The first-order chi connectivity index (χ1) is 17.8. The first-order valence-corrected chi connectivity index (χ1v) is 12.5. The fourth-order valence-electron chi connectivity index (χ4n) is 4.55. The van der Waals surface area contributed by atoms with Crippen LogP contribution < -0.4 is 0 Å². The fourth-order valence-corrected chi connectivity index (χ4v) is 4.99. The maximum absolute atomic E-state index is 13.1. The number of nitrogens with zero attached hydrogens (tertiary/aromatic N) is 8. The highest BCUT2D eigenvalue weighted by atomic mass is 35.5. The van der Waals surface area contributed by atoms with Crippen LogP contribution in [0.2, 0.25) is 10.2 Å². The smallest absolute Gasteiger partial charge is 0.219 e. The van der Waals surface area contributed by atoms with Gasteiger partial charge in [-0.25, -0.2) is 14.5 Å². The molecule has 0 bridgehead atoms. The van der Waals surface area contributed by atoms with Gasteiger partial charge in [0.15, 0.2) is 16.6 Å². The lowest BCUT2D eigenvalue weighted by atomic mass is 10.0. The van der Waals surface area contributed by atoms with Gasteiger partial charge < -0.3 is 9.64 Å². The summed E-state index contributed by atoms with van der Waals surface area (Å²) < 4.78 is 7.94. The molecule has 11 nitrogen and oxygen atoms in total. The number of halogens is 2. The van der Waals surface area contributed by atoms with Crippen molar-refractivity contribution in [3.63, 3.8) is 0 Å². The Bertz CT molecular complexity index is 1460. The SMILES string of the molecule is CC(=O)N1CC[C@@H](O[C@@H](C)c2c(CC(=O)Cc3cnc(-n4nccn4)c(Cl)c3)cnc3cc(Cl)nn23)C1. The van der Waals surface area contributed by atoms with Crippen LogP contribution in [0.25, 0.3) is 11.5 Å². The third kappa shape index (κ3) is 5.48. The van der Waals surface area contributed by atoms with Gasteiger partial charge in [-0.15, -0.1) is 4.80 Å². The van der Waals surface area contributed by atoms with Gasteiger partial charge in [0, 0.05) is 56.9 Å². The molecule has 4 aromatic heterocycles. The second-order valence-electron chi connectivity index (χ2n) is 8.92. The molecular formula is C24H24Cl2N8O3. The molecule has 2 atom stereocenters. The molecule has 1 saturated heterocycles. The molecule has 192 valence electrons. The van der Waals surface area contributed by atoms with Crippen LogP contribution in [-0.4, -0.2) is 70.4 Å². The number of carbonyl (C=O) groups is 2. The lowest BCUT2D eigenvalue weighted by Gasteiger charge is -2.22. The van der Waals surface area contributed by atoms with Gasteiger partial charge in [-0.1, -0.05) is 23.2 Å². The van der Waals surface area contributed by atoms with Crippen LogP contribution in [0.5, 0.6) is 0 Å². The van der Waals surface area contributed by atoms with Crippen molar-refractivity contribution in [2.24, 2.45) is 0 Å². The van der Waals surface area contributed by atoms with E-state index in [1.807, 2.05) is 6.92 Å². The minimum Gasteiger partial charge on any atom is -0.367 e. The summed E-state index contributed by atoms with van der Waals surface area (Å²) in [5, 5.41) is 13.1. The number of likely N-dealkylation sites (tertiary alicyclic amines) is 1. The van der Waals surface area contributed by atoms with Crippen LogP contribution in [-0.2, 0) is 27.2 Å². The predicted octanol–water partition coefficient (Wildman–Crippen LogP) is 3.06.